The zero-order valence-corrected chi connectivity index (χ0v) is 21.6. The number of methoxy groups -OCH3 is 1. The van der Waals surface area contributed by atoms with Crippen LogP contribution in [0.4, 0.5) is 0 Å². The summed E-state index contributed by atoms with van der Waals surface area (Å²) in [5.41, 5.74) is 25.7. The predicted octanol–water partition coefficient (Wildman–Crippen LogP) is -1.67. The maximum Gasteiger partial charge on any atom is 0.323 e. The fourth-order valence-corrected chi connectivity index (χ4v) is 1.73. The molecule has 15 nitrogen and oxygen atoms in total. The van der Waals surface area contributed by atoms with E-state index in [1.165, 1.54) is 14.0 Å². The molecular weight excluding hydrogens is 482 g/mol. The van der Waals surface area contributed by atoms with Crippen molar-refractivity contribution in [1.82, 2.24) is 0 Å². The second-order valence-electron chi connectivity index (χ2n) is 7.73. The van der Waals surface area contributed by atoms with Gasteiger partial charge in [-0.3, -0.25) is 19.2 Å². The van der Waals surface area contributed by atoms with E-state index in [2.05, 4.69) is 4.74 Å². The van der Waals surface area contributed by atoms with Crippen molar-refractivity contribution in [2.24, 2.45) is 28.7 Å². The maximum atomic E-state index is 10.1. The fraction of sp³-hybridized carbons (Fsp3) is 0.810. The van der Waals surface area contributed by atoms with Crippen molar-refractivity contribution >= 4 is 23.9 Å². The summed E-state index contributed by atoms with van der Waals surface area (Å²) >= 11 is 0. The Morgan fingerprint density at radius 3 is 1.31 bits per heavy atom. The second-order valence-corrected chi connectivity index (χ2v) is 7.73. The van der Waals surface area contributed by atoms with Gasteiger partial charge < -0.3 is 58.9 Å². The van der Waals surface area contributed by atoms with Crippen LogP contribution in [-0.4, -0.2) is 99.4 Å². The third-order valence-electron chi connectivity index (χ3n) is 4.44. The molecule has 6 atom stereocenters. The molecule has 0 bridgehead atoms. The van der Waals surface area contributed by atoms with Crippen molar-refractivity contribution in [2.45, 2.75) is 95.7 Å². The summed E-state index contributed by atoms with van der Waals surface area (Å²) in [5.74, 6) is -4.05. The molecule has 0 aliphatic rings. The van der Waals surface area contributed by atoms with Gasteiger partial charge in [-0.15, -0.1) is 0 Å². The van der Waals surface area contributed by atoms with E-state index in [-0.39, 0.29) is 0 Å². The highest BCUT2D eigenvalue weighted by Crippen LogP contribution is 1.97. The molecule has 0 aromatic rings. The van der Waals surface area contributed by atoms with E-state index in [1.807, 2.05) is 6.92 Å². The first-order chi connectivity index (χ1) is 16.5. The summed E-state index contributed by atoms with van der Waals surface area (Å²) in [7, 11) is 1.42. The molecule has 0 fully saturated rings. The molecule has 0 rings (SSSR count). The number of hydrogen-bond donors (Lipinski definition) is 10. The largest absolute Gasteiger partial charge is 0.480 e. The number of carbonyl (C=O) groups is 4. The van der Waals surface area contributed by atoms with Crippen LogP contribution in [0.15, 0.2) is 0 Å². The van der Waals surface area contributed by atoms with Crippen LogP contribution in [0.1, 0.15) is 59.3 Å². The molecule has 0 spiro atoms. The van der Waals surface area contributed by atoms with Crippen molar-refractivity contribution in [2.75, 3.05) is 13.7 Å². The van der Waals surface area contributed by atoms with E-state index in [0.29, 0.717) is 19.4 Å². The lowest BCUT2D eigenvalue weighted by molar-refractivity contribution is -0.142. The smallest absolute Gasteiger partial charge is 0.323 e. The van der Waals surface area contributed by atoms with E-state index in [0.717, 1.165) is 25.7 Å². The summed E-state index contributed by atoms with van der Waals surface area (Å²) in [4.78, 5) is 40.2. The van der Waals surface area contributed by atoms with Gasteiger partial charge in [-0.1, -0.05) is 26.2 Å². The molecule has 6 unspecified atom stereocenters. The summed E-state index contributed by atoms with van der Waals surface area (Å²) in [6.45, 7) is 5.55. The summed E-state index contributed by atoms with van der Waals surface area (Å²) in [6, 6.07) is -3.46. The molecule has 0 aliphatic carbocycles. The van der Waals surface area contributed by atoms with Crippen LogP contribution < -0.4 is 28.7 Å². The van der Waals surface area contributed by atoms with Gasteiger partial charge in [0.05, 0.1) is 12.2 Å². The number of aliphatic hydroxyl groups is 1. The Balaban J connectivity index is -0.000000190. The van der Waals surface area contributed by atoms with Gasteiger partial charge in [-0.2, -0.15) is 0 Å². The second kappa shape index (κ2) is 25.7. The van der Waals surface area contributed by atoms with E-state index in [1.54, 1.807) is 6.92 Å². The molecule has 216 valence electrons. The molecule has 0 radical (unpaired) electrons. The molecule has 15 N–H and O–H groups in total. The SMILES string of the molecule is CC(O)C(N)C(=O)O.CCCCC(N)C(=O)O.COC(C)C(N)C(=O)O.NCCCCC(N)C(=O)O. The normalized spacial score (nSPS) is 14.9. The highest BCUT2D eigenvalue weighted by atomic mass is 16.5. The molecule has 0 heterocycles. The number of carboxylic acid groups (broad SMARTS) is 4. The zero-order chi connectivity index (χ0) is 29.4. The van der Waals surface area contributed by atoms with Crippen molar-refractivity contribution in [3.8, 4) is 0 Å². The number of carboxylic acids is 4. The van der Waals surface area contributed by atoms with Crippen LogP contribution >= 0.6 is 0 Å². The Labute approximate surface area is 211 Å². The highest BCUT2D eigenvalue weighted by molar-refractivity contribution is 5.74. The molecule has 0 amide bonds. The van der Waals surface area contributed by atoms with Crippen LogP contribution in [0.25, 0.3) is 0 Å². The van der Waals surface area contributed by atoms with E-state index in [4.69, 9.17) is 54.2 Å². The third kappa shape index (κ3) is 27.8. The minimum atomic E-state index is -1.18. The van der Waals surface area contributed by atoms with Crippen LogP contribution in [0.3, 0.4) is 0 Å². The minimum absolute atomic E-state index is 0.428. The highest BCUT2D eigenvalue weighted by Gasteiger charge is 2.18. The summed E-state index contributed by atoms with van der Waals surface area (Å²) < 4.78 is 4.67. The Morgan fingerprint density at radius 2 is 1.11 bits per heavy atom. The number of aliphatic hydroxyl groups excluding tert-OH is 1. The first kappa shape index (κ1) is 40.8. The average Bonchev–Trinajstić information content (AvgIpc) is 2.81. The minimum Gasteiger partial charge on any atom is -0.480 e. The molecule has 0 aliphatic heterocycles. The lowest BCUT2D eigenvalue weighted by Gasteiger charge is -2.12. The molecule has 36 heavy (non-hydrogen) atoms. The van der Waals surface area contributed by atoms with Gasteiger partial charge in [0.2, 0.25) is 0 Å². The lowest BCUT2D eigenvalue weighted by atomic mass is 10.1. The monoisotopic (exact) mass is 529 g/mol. The molecule has 0 saturated carbocycles. The maximum absolute atomic E-state index is 10.1. The lowest BCUT2D eigenvalue weighted by Crippen LogP contribution is -2.40. The first-order valence-electron chi connectivity index (χ1n) is 11.4. The van der Waals surface area contributed by atoms with E-state index < -0.39 is 60.3 Å². The van der Waals surface area contributed by atoms with Crippen molar-refractivity contribution < 1.29 is 49.4 Å². The molecular formula is C21H47N5O10. The van der Waals surface area contributed by atoms with Crippen LogP contribution in [0, 0.1) is 0 Å². The predicted molar refractivity (Wildman–Crippen MR) is 133 cm³/mol. The first-order valence-corrected chi connectivity index (χ1v) is 11.4. The van der Waals surface area contributed by atoms with E-state index >= 15 is 0 Å². The van der Waals surface area contributed by atoms with Gasteiger partial charge >= 0.3 is 23.9 Å². The number of ether oxygens (including phenoxy) is 1. The Bertz CT molecular complexity index is 595. The summed E-state index contributed by atoms with van der Waals surface area (Å²) in [5, 5.41) is 41.4. The van der Waals surface area contributed by atoms with Crippen LogP contribution in [0.5, 0.6) is 0 Å². The van der Waals surface area contributed by atoms with Gasteiger partial charge in [-0.25, -0.2) is 0 Å². The molecule has 0 aromatic carbocycles. The number of nitrogens with two attached hydrogens (primary N) is 5. The number of hydrogen-bond acceptors (Lipinski definition) is 11. The number of aliphatic carboxylic acids is 4. The van der Waals surface area contributed by atoms with Crippen LogP contribution in [0.2, 0.25) is 0 Å². The van der Waals surface area contributed by atoms with Crippen molar-refractivity contribution in [3.05, 3.63) is 0 Å². The fourth-order valence-electron chi connectivity index (χ4n) is 1.73. The standard InChI is InChI=1S/C6H14N2O2.C6H13NO2.C5H11NO3.C4H9NO3/c7-4-2-1-3-5(8)6(9)10;1-2-3-4-5(7)6(8)9;1-3(9-2)4(6)5(7)8;1-2(6)3(5)4(7)8/h5H,1-4,7-8H2,(H,9,10);5H,2-4,7H2,1H3,(H,8,9);3-4H,6H2,1-2H3,(H,7,8);2-3,6H,5H2,1H3,(H,7,8). The van der Waals surface area contributed by atoms with Gasteiger partial charge in [0.1, 0.15) is 24.2 Å². The van der Waals surface area contributed by atoms with Gasteiger partial charge in [0.15, 0.2) is 0 Å². The number of rotatable bonds is 14. The average molecular weight is 530 g/mol. The van der Waals surface area contributed by atoms with E-state index in [9.17, 15) is 19.2 Å². The van der Waals surface area contributed by atoms with Gasteiger partial charge in [0.25, 0.3) is 0 Å². The van der Waals surface area contributed by atoms with Crippen molar-refractivity contribution in [3.63, 3.8) is 0 Å². The zero-order valence-electron chi connectivity index (χ0n) is 21.6. The quantitative estimate of drug-likeness (QED) is 0.112. The third-order valence-corrected chi connectivity index (χ3v) is 4.44. The number of unbranched alkanes of at least 4 members (excludes halogenated alkanes) is 2. The molecule has 0 saturated heterocycles. The van der Waals surface area contributed by atoms with Gasteiger partial charge in [0, 0.05) is 7.11 Å². The van der Waals surface area contributed by atoms with Gasteiger partial charge in [-0.05, 0) is 39.7 Å². The summed E-state index contributed by atoms with van der Waals surface area (Å²) in [6.07, 6.45) is 3.24. The van der Waals surface area contributed by atoms with Crippen LogP contribution in [-0.2, 0) is 23.9 Å². The molecule has 15 heteroatoms. The Morgan fingerprint density at radius 1 is 0.722 bits per heavy atom. The topological polar surface area (TPSA) is 309 Å². The Kier molecular flexibility index (Phi) is 29.1. The molecule has 0 aromatic heterocycles. The Hall–Kier alpha value is -2.40. The van der Waals surface area contributed by atoms with Crippen molar-refractivity contribution in [1.29, 1.82) is 0 Å².